The number of carbonyl (C=O) groups excluding carboxylic acids is 5. The predicted molar refractivity (Wildman–Crippen MR) is 142 cm³/mol. The van der Waals surface area contributed by atoms with Gasteiger partial charge >= 0.3 is 0 Å². The number of hydrogen-bond donors (Lipinski definition) is 2. The summed E-state index contributed by atoms with van der Waals surface area (Å²) in [7, 11) is 0. The Bertz CT molecular complexity index is 719. The quantitative estimate of drug-likeness (QED) is 0.0848. The van der Waals surface area contributed by atoms with E-state index in [2.05, 4.69) is 10.6 Å². The average molecular weight is 560 g/mol. The number of amides is 4. The first kappa shape index (κ1) is 33.7. The van der Waals surface area contributed by atoms with Crippen molar-refractivity contribution in [3.05, 3.63) is 12.2 Å². The molecule has 13 heteroatoms. The molecule has 1 heterocycles. The molecule has 0 aliphatic carbocycles. The number of hydrogen-bond acceptors (Lipinski definition) is 10. The Morgan fingerprint density at radius 1 is 0.737 bits per heavy atom. The Labute approximate surface area is 228 Å². The van der Waals surface area contributed by atoms with Crippen LogP contribution in [0, 0.1) is 0 Å². The van der Waals surface area contributed by atoms with E-state index in [1.807, 2.05) is 0 Å². The standard InChI is InChI=1S/C25H41N3O9S/c29-11-21-38-20-7-23(31)27-9-13-35-15-17-37-19-18-36-16-14-34-12-8-26-22(30)4-2-1-3-10-28-24(32)5-6-25(28)33/h5-6,11H,1-4,7-10,12-21H2,(H,26,30)(H,27,31). The number of nitrogens with one attached hydrogen (secondary N) is 2. The molecule has 0 atom stereocenters. The first-order valence-corrected chi connectivity index (χ1v) is 14.1. The lowest BCUT2D eigenvalue weighted by Crippen LogP contribution is -2.31. The van der Waals surface area contributed by atoms with Crippen LogP contribution >= 0.6 is 11.8 Å². The van der Waals surface area contributed by atoms with E-state index in [1.165, 1.54) is 28.8 Å². The molecule has 0 aromatic heterocycles. The minimum atomic E-state index is -0.274. The van der Waals surface area contributed by atoms with Crippen LogP contribution in [0.3, 0.4) is 0 Å². The third kappa shape index (κ3) is 18.9. The van der Waals surface area contributed by atoms with Crippen LogP contribution in [0.2, 0.25) is 0 Å². The first-order chi connectivity index (χ1) is 18.5. The molecule has 4 amide bonds. The molecule has 1 aliphatic heterocycles. The molecule has 0 unspecified atom stereocenters. The summed E-state index contributed by atoms with van der Waals surface area (Å²) in [6, 6.07) is 0. The van der Waals surface area contributed by atoms with Gasteiger partial charge in [0.25, 0.3) is 11.8 Å². The van der Waals surface area contributed by atoms with Crippen molar-refractivity contribution in [3.8, 4) is 0 Å². The van der Waals surface area contributed by atoms with Crippen molar-refractivity contribution in [2.24, 2.45) is 0 Å². The summed E-state index contributed by atoms with van der Waals surface area (Å²) in [4.78, 5) is 57.6. The van der Waals surface area contributed by atoms with Crippen molar-refractivity contribution < 1.29 is 42.9 Å². The number of rotatable bonds is 26. The molecular weight excluding hydrogens is 518 g/mol. The maximum atomic E-state index is 11.8. The van der Waals surface area contributed by atoms with Crippen LogP contribution < -0.4 is 10.6 Å². The van der Waals surface area contributed by atoms with Crippen LogP contribution in [-0.2, 0) is 42.9 Å². The van der Waals surface area contributed by atoms with Gasteiger partial charge in [-0.25, -0.2) is 0 Å². The van der Waals surface area contributed by atoms with E-state index < -0.39 is 0 Å². The Morgan fingerprint density at radius 2 is 1.24 bits per heavy atom. The third-order valence-corrected chi connectivity index (χ3v) is 5.96. The highest BCUT2D eigenvalue weighted by Crippen LogP contribution is 2.07. The van der Waals surface area contributed by atoms with Gasteiger partial charge in [0.2, 0.25) is 11.8 Å². The van der Waals surface area contributed by atoms with Gasteiger partial charge in [-0.15, -0.1) is 0 Å². The van der Waals surface area contributed by atoms with Crippen molar-refractivity contribution in [2.45, 2.75) is 32.1 Å². The van der Waals surface area contributed by atoms with E-state index in [4.69, 9.17) is 18.9 Å². The van der Waals surface area contributed by atoms with Crippen molar-refractivity contribution >= 4 is 41.7 Å². The van der Waals surface area contributed by atoms with E-state index in [1.54, 1.807) is 0 Å². The van der Waals surface area contributed by atoms with Gasteiger partial charge in [-0.1, -0.05) is 6.42 Å². The normalized spacial score (nSPS) is 12.8. The monoisotopic (exact) mass is 559 g/mol. The molecule has 0 radical (unpaired) electrons. The molecule has 0 saturated heterocycles. The number of thioether (sulfide) groups is 1. The fourth-order valence-corrected chi connectivity index (χ4v) is 3.74. The van der Waals surface area contributed by atoms with Crippen LogP contribution in [0.1, 0.15) is 32.1 Å². The van der Waals surface area contributed by atoms with Crippen molar-refractivity contribution in [1.29, 1.82) is 0 Å². The second kappa shape index (κ2) is 23.8. The van der Waals surface area contributed by atoms with E-state index in [0.29, 0.717) is 110 Å². The lowest BCUT2D eigenvalue weighted by molar-refractivity contribution is -0.137. The third-order valence-electron chi connectivity index (χ3n) is 5.10. The molecule has 1 rings (SSSR count). The van der Waals surface area contributed by atoms with Gasteiger partial charge in [0.1, 0.15) is 6.29 Å². The highest BCUT2D eigenvalue weighted by Gasteiger charge is 2.22. The number of unbranched alkanes of at least 4 members (excludes halogenated alkanes) is 2. The Kier molecular flexibility index (Phi) is 21.1. The summed E-state index contributed by atoms with van der Waals surface area (Å²) in [6.45, 7) is 4.65. The van der Waals surface area contributed by atoms with Crippen molar-refractivity contribution in [1.82, 2.24) is 15.5 Å². The fourth-order valence-electron chi connectivity index (χ4n) is 3.14. The number of imide groups is 1. The lowest BCUT2D eigenvalue weighted by Gasteiger charge is -2.13. The minimum Gasteiger partial charge on any atom is -0.377 e. The Balaban J connectivity index is 1.74. The highest BCUT2D eigenvalue weighted by molar-refractivity contribution is 7.99. The summed E-state index contributed by atoms with van der Waals surface area (Å²) in [5.41, 5.74) is 0. The lowest BCUT2D eigenvalue weighted by atomic mass is 10.2. The molecule has 0 spiro atoms. The molecule has 0 aromatic carbocycles. The van der Waals surface area contributed by atoms with Crippen LogP contribution in [-0.4, -0.2) is 119 Å². The van der Waals surface area contributed by atoms with Crippen LogP contribution in [0.15, 0.2) is 12.2 Å². The number of ether oxygens (including phenoxy) is 4. The smallest absolute Gasteiger partial charge is 0.253 e. The second-order valence-corrected chi connectivity index (χ2v) is 9.26. The minimum absolute atomic E-state index is 0.0488. The maximum Gasteiger partial charge on any atom is 0.253 e. The number of nitrogens with zero attached hydrogens (tertiary/aromatic N) is 1. The zero-order valence-electron chi connectivity index (χ0n) is 22.0. The van der Waals surface area contributed by atoms with Crippen LogP contribution in [0.4, 0.5) is 0 Å². The number of aldehydes is 1. The van der Waals surface area contributed by atoms with Crippen molar-refractivity contribution in [2.75, 3.05) is 84.0 Å². The van der Waals surface area contributed by atoms with Crippen LogP contribution in [0.25, 0.3) is 0 Å². The second-order valence-electron chi connectivity index (χ2n) is 8.11. The largest absolute Gasteiger partial charge is 0.377 e. The van der Waals surface area contributed by atoms with Gasteiger partial charge in [-0.3, -0.25) is 24.1 Å². The van der Waals surface area contributed by atoms with Crippen molar-refractivity contribution in [3.63, 3.8) is 0 Å². The van der Waals surface area contributed by atoms with E-state index in [9.17, 15) is 24.0 Å². The summed E-state index contributed by atoms with van der Waals surface area (Å²) in [5, 5.41) is 5.54. The van der Waals surface area contributed by atoms with E-state index >= 15 is 0 Å². The maximum absolute atomic E-state index is 11.8. The van der Waals surface area contributed by atoms with Gasteiger partial charge in [-0.2, -0.15) is 11.8 Å². The SMILES string of the molecule is O=CCSCCC(=O)NCCOCCOCCOCCOCCNC(=O)CCCCCN1C(=O)C=CC1=O. The summed E-state index contributed by atoms with van der Waals surface area (Å²) >= 11 is 1.43. The average Bonchev–Trinajstić information content (AvgIpc) is 3.22. The molecule has 12 nitrogen and oxygen atoms in total. The predicted octanol–water partition coefficient (Wildman–Crippen LogP) is 0.0928. The molecule has 2 N–H and O–H groups in total. The summed E-state index contributed by atoms with van der Waals surface area (Å²) in [6.07, 6.45) is 6.30. The Morgan fingerprint density at radius 3 is 1.76 bits per heavy atom. The van der Waals surface area contributed by atoms with Gasteiger partial charge in [0.15, 0.2) is 0 Å². The zero-order valence-corrected chi connectivity index (χ0v) is 22.8. The molecule has 0 bridgehead atoms. The number of carbonyl (C=O) groups is 5. The van der Waals surface area contributed by atoms with Crippen LogP contribution in [0.5, 0.6) is 0 Å². The fraction of sp³-hybridized carbons (Fsp3) is 0.720. The Hall–Kier alpha value is -2.32. The molecule has 0 saturated carbocycles. The van der Waals surface area contributed by atoms with Gasteiger partial charge in [-0.05, 0) is 12.8 Å². The highest BCUT2D eigenvalue weighted by atomic mass is 32.2. The van der Waals surface area contributed by atoms with E-state index in [0.717, 1.165) is 12.7 Å². The molecule has 0 aromatic rings. The topological polar surface area (TPSA) is 150 Å². The summed E-state index contributed by atoms with van der Waals surface area (Å²) < 4.78 is 21.6. The first-order valence-electron chi connectivity index (χ1n) is 12.9. The zero-order chi connectivity index (χ0) is 27.7. The van der Waals surface area contributed by atoms with Gasteiger partial charge in [0.05, 0.1) is 52.9 Å². The van der Waals surface area contributed by atoms with E-state index in [-0.39, 0.29) is 23.6 Å². The molecule has 0 fully saturated rings. The summed E-state index contributed by atoms with van der Waals surface area (Å²) in [5.74, 6) is 0.391. The van der Waals surface area contributed by atoms with Gasteiger partial charge in [0, 0.05) is 56.1 Å². The molecular formula is C25H41N3O9S. The molecule has 216 valence electrons. The molecule has 1 aliphatic rings. The molecule has 38 heavy (non-hydrogen) atoms. The van der Waals surface area contributed by atoms with Gasteiger partial charge < -0.3 is 34.4 Å².